The number of benzene rings is 1. The van der Waals surface area contributed by atoms with Gasteiger partial charge in [-0.1, -0.05) is 13.0 Å². The van der Waals surface area contributed by atoms with Gasteiger partial charge in [0.05, 0.1) is 17.6 Å². The number of aliphatic hydroxyl groups excluding tert-OH is 1. The molecule has 1 aromatic carbocycles. The standard InChI is InChI=1S/C17H18O6/c1-2-3-5-12-15(19)13-10-11(16(20)22-9-4-8-18)6-7-14(13)23-17(12)21/h3,5-7,10,18-19H,2,4,8-9H2,1H3. The number of carbonyl (C=O) groups excluding carboxylic acids is 1. The first-order chi connectivity index (χ1) is 11.1. The molecule has 1 aromatic heterocycles. The summed E-state index contributed by atoms with van der Waals surface area (Å²) in [6.07, 6.45) is 4.28. The van der Waals surface area contributed by atoms with Crippen LogP contribution in [0.25, 0.3) is 17.0 Å². The van der Waals surface area contributed by atoms with Gasteiger partial charge >= 0.3 is 11.6 Å². The number of allylic oxidation sites excluding steroid dienone is 1. The highest BCUT2D eigenvalue weighted by molar-refractivity contribution is 5.96. The maximum atomic E-state index is 11.9. The number of fused-ring (bicyclic) bond motifs is 1. The molecule has 1 heterocycles. The monoisotopic (exact) mass is 318 g/mol. The molecule has 23 heavy (non-hydrogen) atoms. The van der Waals surface area contributed by atoms with Crippen molar-refractivity contribution >= 4 is 23.0 Å². The van der Waals surface area contributed by atoms with Crippen LogP contribution < -0.4 is 5.63 Å². The van der Waals surface area contributed by atoms with E-state index in [1.807, 2.05) is 6.92 Å². The lowest BCUT2D eigenvalue weighted by Crippen LogP contribution is -2.08. The zero-order valence-electron chi connectivity index (χ0n) is 12.7. The number of carbonyl (C=O) groups is 1. The predicted octanol–water partition coefficient (Wildman–Crippen LogP) is 2.46. The van der Waals surface area contributed by atoms with Crippen LogP contribution in [0.15, 0.2) is 33.5 Å². The molecule has 6 nitrogen and oxygen atoms in total. The highest BCUT2D eigenvalue weighted by atomic mass is 16.5. The molecule has 0 unspecified atom stereocenters. The number of aliphatic hydroxyl groups is 1. The number of aromatic hydroxyl groups is 1. The second-order valence-electron chi connectivity index (χ2n) is 4.89. The van der Waals surface area contributed by atoms with Crippen LogP contribution in [0.5, 0.6) is 5.75 Å². The summed E-state index contributed by atoms with van der Waals surface area (Å²) < 4.78 is 10.1. The number of hydrogen-bond acceptors (Lipinski definition) is 6. The van der Waals surface area contributed by atoms with E-state index in [0.29, 0.717) is 12.8 Å². The Labute approximate surface area is 132 Å². The Morgan fingerprint density at radius 1 is 1.39 bits per heavy atom. The largest absolute Gasteiger partial charge is 0.506 e. The van der Waals surface area contributed by atoms with Crippen molar-refractivity contribution in [1.82, 2.24) is 0 Å². The average Bonchev–Trinajstić information content (AvgIpc) is 2.54. The molecule has 0 fully saturated rings. The van der Waals surface area contributed by atoms with Crippen LogP contribution in [-0.4, -0.2) is 29.4 Å². The molecule has 0 aliphatic rings. The first kappa shape index (κ1) is 16.8. The van der Waals surface area contributed by atoms with Crippen LogP contribution >= 0.6 is 0 Å². The van der Waals surface area contributed by atoms with Gasteiger partial charge < -0.3 is 19.4 Å². The Balaban J connectivity index is 2.43. The fourth-order valence-electron chi connectivity index (χ4n) is 2.02. The lowest BCUT2D eigenvalue weighted by atomic mass is 10.1. The van der Waals surface area contributed by atoms with Gasteiger partial charge in [0.1, 0.15) is 16.9 Å². The number of rotatable bonds is 6. The van der Waals surface area contributed by atoms with Crippen LogP contribution in [-0.2, 0) is 4.74 Å². The van der Waals surface area contributed by atoms with Crippen molar-refractivity contribution in [2.75, 3.05) is 13.2 Å². The summed E-state index contributed by atoms with van der Waals surface area (Å²) >= 11 is 0. The SMILES string of the molecule is CCC=Cc1c(O)c2cc(C(=O)OCCCO)ccc2oc1=O. The van der Waals surface area contributed by atoms with E-state index in [-0.39, 0.29) is 41.1 Å². The van der Waals surface area contributed by atoms with Gasteiger partial charge in [0.25, 0.3) is 0 Å². The van der Waals surface area contributed by atoms with Crippen LogP contribution in [0.4, 0.5) is 0 Å². The van der Waals surface area contributed by atoms with Gasteiger partial charge in [-0.3, -0.25) is 0 Å². The van der Waals surface area contributed by atoms with E-state index >= 15 is 0 Å². The third kappa shape index (κ3) is 3.78. The van der Waals surface area contributed by atoms with Crippen molar-refractivity contribution < 1.29 is 24.2 Å². The van der Waals surface area contributed by atoms with Gasteiger partial charge in [-0.15, -0.1) is 0 Å². The fraction of sp³-hybridized carbons (Fsp3) is 0.294. The molecule has 0 aliphatic carbocycles. The van der Waals surface area contributed by atoms with Crippen molar-refractivity contribution in [3.05, 3.63) is 45.8 Å². The third-order valence-electron chi connectivity index (χ3n) is 3.20. The molecule has 2 aromatic rings. The Bertz CT molecular complexity index is 788. The molecular weight excluding hydrogens is 300 g/mol. The smallest absolute Gasteiger partial charge is 0.347 e. The maximum absolute atomic E-state index is 11.9. The van der Waals surface area contributed by atoms with Crippen molar-refractivity contribution in [1.29, 1.82) is 0 Å². The summed E-state index contributed by atoms with van der Waals surface area (Å²) in [6.45, 7) is 1.94. The van der Waals surface area contributed by atoms with Crippen LogP contribution in [0, 0.1) is 0 Å². The minimum atomic E-state index is -0.641. The second kappa shape index (κ2) is 7.60. The van der Waals surface area contributed by atoms with E-state index < -0.39 is 11.6 Å². The van der Waals surface area contributed by atoms with Crippen molar-refractivity contribution in [2.24, 2.45) is 0 Å². The van der Waals surface area contributed by atoms with Crippen LogP contribution in [0.1, 0.15) is 35.7 Å². The molecule has 0 aliphatic heterocycles. The zero-order valence-corrected chi connectivity index (χ0v) is 12.7. The summed E-state index contributed by atoms with van der Waals surface area (Å²) in [6, 6.07) is 4.30. The summed E-state index contributed by atoms with van der Waals surface area (Å²) in [4.78, 5) is 23.8. The van der Waals surface area contributed by atoms with Crippen LogP contribution in [0.3, 0.4) is 0 Å². The quantitative estimate of drug-likeness (QED) is 0.482. The van der Waals surface area contributed by atoms with E-state index in [1.165, 1.54) is 24.3 Å². The minimum Gasteiger partial charge on any atom is -0.506 e. The molecule has 2 N–H and O–H groups in total. The molecular formula is C17H18O6. The molecule has 0 atom stereocenters. The van der Waals surface area contributed by atoms with E-state index in [0.717, 1.165) is 0 Å². The molecule has 0 bridgehead atoms. The van der Waals surface area contributed by atoms with E-state index in [9.17, 15) is 14.7 Å². The van der Waals surface area contributed by atoms with Gasteiger partial charge in [-0.05, 0) is 30.7 Å². The second-order valence-corrected chi connectivity index (χ2v) is 4.89. The molecule has 0 saturated carbocycles. The molecule has 0 saturated heterocycles. The van der Waals surface area contributed by atoms with Crippen molar-refractivity contribution in [2.45, 2.75) is 19.8 Å². The molecule has 0 radical (unpaired) electrons. The van der Waals surface area contributed by atoms with Gasteiger partial charge in [-0.25, -0.2) is 9.59 Å². The first-order valence-corrected chi connectivity index (χ1v) is 7.32. The number of ether oxygens (including phenoxy) is 1. The van der Waals surface area contributed by atoms with Crippen LogP contribution in [0.2, 0.25) is 0 Å². The van der Waals surface area contributed by atoms with E-state index in [1.54, 1.807) is 6.08 Å². The van der Waals surface area contributed by atoms with Gasteiger partial charge in [0, 0.05) is 13.0 Å². The van der Waals surface area contributed by atoms with Gasteiger partial charge in [0.15, 0.2) is 0 Å². The van der Waals surface area contributed by atoms with Gasteiger partial charge in [0.2, 0.25) is 0 Å². The summed E-state index contributed by atoms with van der Waals surface area (Å²) in [5, 5.41) is 19.2. The molecule has 6 heteroatoms. The minimum absolute atomic E-state index is 0.0464. The summed E-state index contributed by atoms with van der Waals surface area (Å²) in [5.74, 6) is -0.803. The van der Waals surface area contributed by atoms with E-state index in [4.69, 9.17) is 14.3 Å². The van der Waals surface area contributed by atoms with Gasteiger partial charge in [-0.2, -0.15) is 0 Å². The normalized spacial score (nSPS) is 11.2. The first-order valence-electron chi connectivity index (χ1n) is 7.32. The lowest BCUT2D eigenvalue weighted by molar-refractivity contribution is 0.0482. The average molecular weight is 318 g/mol. The number of hydrogen-bond donors (Lipinski definition) is 2. The molecule has 2 rings (SSSR count). The Kier molecular flexibility index (Phi) is 5.54. The topological polar surface area (TPSA) is 97.0 Å². The Morgan fingerprint density at radius 2 is 2.17 bits per heavy atom. The fourth-order valence-corrected chi connectivity index (χ4v) is 2.02. The Morgan fingerprint density at radius 3 is 2.87 bits per heavy atom. The molecule has 0 amide bonds. The third-order valence-corrected chi connectivity index (χ3v) is 3.20. The van der Waals surface area contributed by atoms with Crippen molar-refractivity contribution in [3.63, 3.8) is 0 Å². The zero-order chi connectivity index (χ0) is 16.8. The maximum Gasteiger partial charge on any atom is 0.347 e. The predicted molar refractivity (Wildman–Crippen MR) is 85.5 cm³/mol. The highest BCUT2D eigenvalue weighted by Gasteiger charge is 2.15. The lowest BCUT2D eigenvalue weighted by Gasteiger charge is -2.07. The molecule has 0 spiro atoms. The highest BCUT2D eigenvalue weighted by Crippen LogP contribution is 2.28. The number of esters is 1. The molecule has 122 valence electrons. The van der Waals surface area contributed by atoms with E-state index in [2.05, 4.69) is 0 Å². The van der Waals surface area contributed by atoms with Crippen molar-refractivity contribution in [3.8, 4) is 5.75 Å². The summed E-state index contributed by atoms with van der Waals surface area (Å²) in [7, 11) is 0. The Hall–Kier alpha value is -2.60. The summed E-state index contributed by atoms with van der Waals surface area (Å²) in [5.41, 5.74) is -0.179.